The van der Waals surface area contributed by atoms with Crippen molar-refractivity contribution in [1.29, 1.82) is 0 Å². The topological polar surface area (TPSA) is 35.9 Å². The number of hydrogen-bond acceptors (Lipinski definition) is 4. The number of β-amino-alcohol motifs (C(OH)–C–C–N with tert-alkyl or cyclic N) is 1. The van der Waals surface area contributed by atoms with E-state index in [1.54, 1.807) is 0 Å². The second-order valence-electron chi connectivity index (χ2n) is 7.58. The molecule has 0 bridgehead atoms. The fourth-order valence-electron chi connectivity index (χ4n) is 2.95. The summed E-state index contributed by atoms with van der Waals surface area (Å²) in [6, 6.07) is 6.52. The van der Waals surface area contributed by atoms with Crippen LogP contribution in [0.2, 0.25) is 0 Å². The van der Waals surface area contributed by atoms with Crippen molar-refractivity contribution in [3.8, 4) is 0 Å². The van der Waals surface area contributed by atoms with Gasteiger partial charge in [-0.05, 0) is 51.8 Å². The summed E-state index contributed by atoms with van der Waals surface area (Å²) in [5, 5.41) is 10.1. The van der Waals surface area contributed by atoms with E-state index in [1.165, 1.54) is 16.8 Å². The first-order valence-electron chi connectivity index (χ1n) is 8.62. The Hall–Kier alpha value is -1.10. The van der Waals surface area contributed by atoms with Crippen LogP contribution in [0.3, 0.4) is 0 Å². The van der Waals surface area contributed by atoms with E-state index in [4.69, 9.17) is 4.74 Å². The number of hydrogen-bond donors (Lipinski definition) is 1. The molecule has 0 radical (unpaired) electrons. The largest absolute Gasteiger partial charge is 0.389 e. The van der Waals surface area contributed by atoms with Crippen LogP contribution in [0.4, 0.5) is 5.69 Å². The normalized spacial score (nSPS) is 18.3. The second-order valence-corrected chi connectivity index (χ2v) is 7.58. The third-order valence-corrected chi connectivity index (χ3v) is 4.47. The quantitative estimate of drug-likeness (QED) is 0.905. The number of aliphatic hydroxyl groups excluding tert-OH is 1. The molecule has 1 unspecified atom stereocenters. The number of aryl methyl sites for hydroxylation is 1. The molecule has 1 aliphatic heterocycles. The first-order valence-corrected chi connectivity index (χ1v) is 8.62. The summed E-state index contributed by atoms with van der Waals surface area (Å²) >= 11 is 0. The van der Waals surface area contributed by atoms with Crippen LogP contribution >= 0.6 is 0 Å². The molecule has 0 aromatic heterocycles. The average Bonchev–Trinajstić information content (AvgIpc) is 2.48. The molecule has 1 aromatic rings. The van der Waals surface area contributed by atoms with Crippen LogP contribution in [-0.4, -0.2) is 61.0 Å². The van der Waals surface area contributed by atoms with Crippen molar-refractivity contribution in [3.05, 3.63) is 29.3 Å². The van der Waals surface area contributed by atoms with Gasteiger partial charge in [0.2, 0.25) is 0 Å². The first kappa shape index (κ1) is 18.2. The minimum absolute atomic E-state index is 0.192. The number of piperazine rings is 1. The zero-order valence-corrected chi connectivity index (χ0v) is 15.3. The first-order chi connectivity index (χ1) is 10.8. The van der Waals surface area contributed by atoms with Gasteiger partial charge in [0.05, 0.1) is 18.3 Å². The van der Waals surface area contributed by atoms with Gasteiger partial charge in [0, 0.05) is 38.4 Å². The Bertz CT molecular complexity index is 503. The number of anilines is 1. The molecule has 1 atom stereocenters. The van der Waals surface area contributed by atoms with E-state index in [0.717, 1.165) is 26.2 Å². The number of aliphatic hydroxyl groups is 1. The molecule has 0 spiro atoms. The molecule has 4 nitrogen and oxygen atoms in total. The average molecular weight is 320 g/mol. The number of nitrogens with zero attached hydrogens (tertiary/aromatic N) is 2. The Kier molecular flexibility index (Phi) is 6.06. The Balaban J connectivity index is 1.81. The third-order valence-electron chi connectivity index (χ3n) is 4.47. The lowest BCUT2D eigenvalue weighted by molar-refractivity contribution is -0.0563. The second kappa shape index (κ2) is 7.65. The van der Waals surface area contributed by atoms with Gasteiger partial charge in [-0.1, -0.05) is 12.1 Å². The fraction of sp³-hybridized carbons (Fsp3) is 0.684. The van der Waals surface area contributed by atoms with Crippen molar-refractivity contribution in [2.75, 3.05) is 44.2 Å². The molecule has 1 heterocycles. The van der Waals surface area contributed by atoms with Crippen molar-refractivity contribution in [2.24, 2.45) is 0 Å². The van der Waals surface area contributed by atoms with Crippen LogP contribution in [0, 0.1) is 13.8 Å². The smallest absolute Gasteiger partial charge is 0.0900 e. The molecule has 4 heteroatoms. The summed E-state index contributed by atoms with van der Waals surface area (Å²) in [7, 11) is 0. The van der Waals surface area contributed by atoms with Gasteiger partial charge in [0.25, 0.3) is 0 Å². The maximum absolute atomic E-state index is 10.1. The lowest BCUT2D eigenvalue weighted by Gasteiger charge is -2.38. The maximum atomic E-state index is 10.1. The van der Waals surface area contributed by atoms with Crippen LogP contribution in [0.15, 0.2) is 18.2 Å². The predicted molar refractivity (Wildman–Crippen MR) is 96.3 cm³/mol. The summed E-state index contributed by atoms with van der Waals surface area (Å²) in [6.07, 6.45) is -0.415. The highest BCUT2D eigenvalue weighted by molar-refractivity contribution is 5.56. The van der Waals surface area contributed by atoms with Crippen LogP contribution in [0.5, 0.6) is 0 Å². The van der Waals surface area contributed by atoms with Gasteiger partial charge in [-0.2, -0.15) is 0 Å². The molecule has 1 N–H and O–H groups in total. The Morgan fingerprint density at radius 2 is 1.78 bits per heavy atom. The van der Waals surface area contributed by atoms with E-state index < -0.39 is 6.10 Å². The van der Waals surface area contributed by atoms with Crippen LogP contribution < -0.4 is 4.90 Å². The van der Waals surface area contributed by atoms with Crippen LogP contribution in [0.1, 0.15) is 31.9 Å². The minimum Gasteiger partial charge on any atom is -0.389 e. The van der Waals surface area contributed by atoms with Crippen molar-refractivity contribution < 1.29 is 9.84 Å². The molecule has 0 aliphatic carbocycles. The SMILES string of the molecule is Cc1cccc(N2CCN(CC(O)COC(C)(C)C)CC2)c1C. The van der Waals surface area contributed by atoms with E-state index in [1.807, 2.05) is 20.8 Å². The standard InChI is InChI=1S/C19H32N2O2/c1-15-7-6-8-18(16(15)2)21-11-9-20(10-12-21)13-17(22)14-23-19(3,4)5/h6-8,17,22H,9-14H2,1-5H3. The van der Waals surface area contributed by atoms with Gasteiger partial charge in [-0.25, -0.2) is 0 Å². The number of rotatable bonds is 5. The van der Waals surface area contributed by atoms with Gasteiger partial charge >= 0.3 is 0 Å². The Morgan fingerprint density at radius 1 is 1.13 bits per heavy atom. The summed E-state index contributed by atoms with van der Waals surface area (Å²) in [5.41, 5.74) is 3.88. The summed E-state index contributed by atoms with van der Waals surface area (Å²) in [4.78, 5) is 4.79. The molecule has 1 aliphatic rings. The lowest BCUT2D eigenvalue weighted by atomic mass is 10.1. The predicted octanol–water partition coefficient (Wildman–Crippen LogP) is 2.60. The molecule has 130 valence electrons. The van der Waals surface area contributed by atoms with E-state index in [9.17, 15) is 5.11 Å². The Morgan fingerprint density at radius 3 is 2.39 bits per heavy atom. The van der Waals surface area contributed by atoms with Gasteiger partial charge in [-0.15, -0.1) is 0 Å². The maximum Gasteiger partial charge on any atom is 0.0900 e. The van der Waals surface area contributed by atoms with Crippen LogP contribution in [-0.2, 0) is 4.74 Å². The van der Waals surface area contributed by atoms with Crippen molar-refractivity contribution in [1.82, 2.24) is 4.90 Å². The van der Waals surface area contributed by atoms with Crippen LogP contribution in [0.25, 0.3) is 0 Å². The highest BCUT2D eigenvalue weighted by Gasteiger charge is 2.21. The van der Waals surface area contributed by atoms with Crippen molar-refractivity contribution >= 4 is 5.69 Å². The monoisotopic (exact) mass is 320 g/mol. The molecule has 1 aromatic carbocycles. The molecular formula is C19H32N2O2. The van der Waals surface area contributed by atoms with E-state index in [2.05, 4.69) is 41.8 Å². The van der Waals surface area contributed by atoms with Crippen molar-refractivity contribution in [3.63, 3.8) is 0 Å². The van der Waals surface area contributed by atoms with Gasteiger partial charge in [-0.3, -0.25) is 4.90 Å². The zero-order chi connectivity index (χ0) is 17.0. The minimum atomic E-state index is -0.415. The fourth-order valence-corrected chi connectivity index (χ4v) is 2.95. The Labute approximate surface area is 141 Å². The van der Waals surface area contributed by atoms with Gasteiger partial charge < -0.3 is 14.7 Å². The van der Waals surface area contributed by atoms with Crippen molar-refractivity contribution in [2.45, 2.75) is 46.3 Å². The molecule has 0 saturated carbocycles. The highest BCUT2D eigenvalue weighted by atomic mass is 16.5. The molecule has 0 amide bonds. The molecular weight excluding hydrogens is 288 g/mol. The third kappa shape index (κ3) is 5.48. The van der Waals surface area contributed by atoms with Gasteiger partial charge in [0.1, 0.15) is 0 Å². The number of benzene rings is 1. The molecule has 1 fully saturated rings. The summed E-state index contributed by atoms with van der Waals surface area (Å²) in [5.74, 6) is 0. The molecule has 1 saturated heterocycles. The molecule has 2 rings (SSSR count). The number of ether oxygens (including phenoxy) is 1. The van der Waals surface area contributed by atoms with E-state index >= 15 is 0 Å². The summed E-state index contributed by atoms with van der Waals surface area (Å²) < 4.78 is 5.66. The molecule has 23 heavy (non-hydrogen) atoms. The van der Waals surface area contributed by atoms with Gasteiger partial charge in [0.15, 0.2) is 0 Å². The summed E-state index contributed by atoms with van der Waals surface area (Å²) in [6.45, 7) is 15.5. The van der Waals surface area contributed by atoms with E-state index in [0.29, 0.717) is 13.2 Å². The van der Waals surface area contributed by atoms with E-state index in [-0.39, 0.29) is 5.60 Å². The highest BCUT2D eigenvalue weighted by Crippen LogP contribution is 2.23. The lowest BCUT2D eigenvalue weighted by Crippen LogP contribution is -2.49. The zero-order valence-electron chi connectivity index (χ0n) is 15.3.